The average molecular weight is 474 g/mol. The first kappa shape index (κ1) is 23.6. The molecule has 10 heteroatoms. The third-order valence-corrected chi connectivity index (χ3v) is 6.34. The Bertz CT molecular complexity index is 1080. The Morgan fingerprint density at radius 1 is 1.06 bits per heavy atom. The Hall–Kier alpha value is -3.53. The fourth-order valence-corrected chi connectivity index (χ4v) is 4.48. The second-order valence-corrected chi connectivity index (χ2v) is 8.53. The SMILES string of the molecule is C[C@@H](O)[C@H](NC(=O)[C@@H]1[C@H](CNC(=O)OCC2c3ccccc3-c3ccccc32)C1(F)F)C(=O)O. The van der Waals surface area contributed by atoms with Crippen LogP contribution in [0.2, 0.25) is 0 Å². The number of ether oxygens (including phenoxy) is 1. The predicted molar refractivity (Wildman–Crippen MR) is 116 cm³/mol. The zero-order valence-electron chi connectivity index (χ0n) is 18.2. The molecule has 4 atom stereocenters. The summed E-state index contributed by atoms with van der Waals surface area (Å²) >= 11 is 0. The van der Waals surface area contributed by atoms with E-state index in [0.717, 1.165) is 29.2 Å². The standard InChI is InChI=1S/C24H24F2N2O6/c1-12(29)20(22(31)32)28-21(30)19-18(24(19,25)26)10-27-23(33)34-11-17-15-8-4-2-6-13(15)14-7-3-5-9-16(14)17/h2-9,12,17-20,29H,10-11H2,1H3,(H,27,33)(H,28,30)(H,31,32)/t12-,18+,19+,20+/m1/s1. The van der Waals surface area contributed by atoms with Crippen LogP contribution < -0.4 is 10.6 Å². The molecule has 0 aliphatic heterocycles. The second-order valence-electron chi connectivity index (χ2n) is 8.53. The van der Waals surface area contributed by atoms with Gasteiger partial charge in [0.05, 0.1) is 12.0 Å². The molecule has 34 heavy (non-hydrogen) atoms. The van der Waals surface area contributed by atoms with Crippen molar-refractivity contribution in [1.29, 1.82) is 0 Å². The maximum absolute atomic E-state index is 14.1. The quantitative estimate of drug-likeness (QED) is 0.466. The highest BCUT2D eigenvalue weighted by atomic mass is 19.3. The molecule has 0 saturated heterocycles. The molecule has 180 valence electrons. The fourth-order valence-electron chi connectivity index (χ4n) is 4.48. The molecule has 4 N–H and O–H groups in total. The molecule has 1 saturated carbocycles. The van der Waals surface area contributed by atoms with Crippen molar-refractivity contribution >= 4 is 18.0 Å². The molecular formula is C24H24F2N2O6. The number of rotatable bonds is 8. The smallest absolute Gasteiger partial charge is 0.407 e. The van der Waals surface area contributed by atoms with Crippen molar-refractivity contribution in [2.24, 2.45) is 11.8 Å². The fraction of sp³-hybridized carbons (Fsp3) is 0.375. The number of carboxylic acids is 1. The topological polar surface area (TPSA) is 125 Å². The lowest BCUT2D eigenvalue weighted by Gasteiger charge is -2.16. The summed E-state index contributed by atoms with van der Waals surface area (Å²) < 4.78 is 33.5. The van der Waals surface area contributed by atoms with Crippen LogP contribution in [0, 0.1) is 11.8 Å². The maximum Gasteiger partial charge on any atom is 0.407 e. The summed E-state index contributed by atoms with van der Waals surface area (Å²) in [6.45, 7) is 0.619. The van der Waals surface area contributed by atoms with E-state index in [9.17, 15) is 28.3 Å². The van der Waals surface area contributed by atoms with Crippen LogP contribution in [0.5, 0.6) is 0 Å². The number of hydrogen-bond acceptors (Lipinski definition) is 5. The van der Waals surface area contributed by atoms with Gasteiger partial charge in [-0.3, -0.25) is 4.79 Å². The first-order chi connectivity index (χ1) is 16.1. The number of amides is 2. The van der Waals surface area contributed by atoms with Crippen LogP contribution >= 0.6 is 0 Å². The number of benzene rings is 2. The number of fused-ring (bicyclic) bond motifs is 3. The van der Waals surface area contributed by atoms with E-state index in [4.69, 9.17) is 9.84 Å². The van der Waals surface area contributed by atoms with Gasteiger partial charge in [-0.1, -0.05) is 48.5 Å². The zero-order chi connectivity index (χ0) is 24.6. The van der Waals surface area contributed by atoms with Crippen LogP contribution in [0.4, 0.5) is 13.6 Å². The van der Waals surface area contributed by atoms with E-state index < -0.39 is 54.4 Å². The van der Waals surface area contributed by atoms with Crippen molar-refractivity contribution < 1.29 is 38.1 Å². The number of carboxylic acid groups (broad SMARTS) is 1. The normalized spacial score (nSPS) is 21.5. The van der Waals surface area contributed by atoms with Gasteiger partial charge in [0.25, 0.3) is 5.92 Å². The molecular weight excluding hydrogens is 450 g/mol. The molecule has 0 spiro atoms. The summed E-state index contributed by atoms with van der Waals surface area (Å²) in [4.78, 5) is 35.4. The van der Waals surface area contributed by atoms with E-state index in [1.54, 1.807) is 0 Å². The molecule has 2 aliphatic rings. The third-order valence-electron chi connectivity index (χ3n) is 6.34. The second kappa shape index (κ2) is 9.02. The highest BCUT2D eigenvalue weighted by Crippen LogP contribution is 2.55. The minimum absolute atomic E-state index is 0.0134. The van der Waals surface area contributed by atoms with Crippen LogP contribution in [0.3, 0.4) is 0 Å². The van der Waals surface area contributed by atoms with Gasteiger partial charge in [-0.25, -0.2) is 18.4 Å². The number of aliphatic carboxylic acids is 1. The van der Waals surface area contributed by atoms with Crippen LogP contribution in [-0.4, -0.2) is 59.4 Å². The van der Waals surface area contributed by atoms with Crippen LogP contribution in [0.15, 0.2) is 48.5 Å². The molecule has 1 fully saturated rings. The number of halogens is 2. The number of nitrogens with one attached hydrogen (secondary N) is 2. The van der Waals surface area contributed by atoms with Crippen molar-refractivity contribution in [3.05, 3.63) is 59.7 Å². The van der Waals surface area contributed by atoms with Gasteiger partial charge in [0.2, 0.25) is 5.91 Å². The molecule has 0 unspecified atom stereocenters. The van der Waals surface area contributed by atoms with Gasteiger partial charge >= 0.3 is 12.1 Å². The van der Waals surface area contributed by atoms with Crippen molar-refractivity contribution in [1.82, 2.24) is 10.6 Å². The third kappa shape index (κ3) is 4.33. The van der Waals surface area contributed by atoms with Crippen LogP contribution in [0.25, 0.3) is 11.1 Å². The number of hydrogen-bond donors (Lipinski definition) is 4. The molecule has 2 aromatic rings. The molecule has 0 aromatic heterocycles. The van der Waals surface area contributed by atoms with Gasteiger partial charge in [0, 0.05) is 12.5 Å². The Morgan fingerprint density at radius 3 is 2.15 bits per heavy atom. The summed E-state index contributed by atoms with van der Waals surface area (Å²) in [5.74, 6) is -9.65. The number of carbonyl (C=O) groups excluding carboxylic acids is 2. The molecule has 2 aromatic carbocycles. The predicted octanol–water partition coefficient (Wildman–Crippen LogP) is 2.36. The molecule has 0 heterocycles. The van der Waals surface area contributed by atoms with E-state index in [0.29, 0.717) is 0 Å². The Labute approximate surface area is 193 Å². The lowest BCUT2D eigenvalue weighted by Crippen LogP contribution is -2.48. The minimum Gasteiger partial charge on any atom is -0.480 e. The summed E-state index contributed by atoms with van der Waals surface area (Å²) in [5, 5.41) is 22.6. The molecule has 8 nitrogen and oxygen atoms in total. The van der Waals surface area contributed by atoms with Gasteiger partial charge in [-0.2, -0.15) is 0 Å². The van der Waals surface area contributed by atoms with E-state index in [1.165, 1.54) is 0 Å². The first-order valence-corrected chi connectivity index (χ1v) is 10.8. The zero-order valence-corrected chi connectivity index (χ0v) is 18.2. The summed E-state index contributed by atoms with van der Waals surface area (Å²) in [6.07, 6.45) is -2.36. The van der Waals surface area contributed by atoms with E-state index in [1.807, 2.05) is 53.8 Å². The summed E-state index contributed by atoms with van der Waals surface area (Å²) in [5.41, 5.74) is 4.12. The van der Waals surface area contributed by atoms with Crippen molar-refractivity contribution in [2.75, 3.05) is 13.2 Å². The van der Waals surface area contributed by atoms with Gasteiger partial charge in [0.1, 0.15) is 12.5 Å². The van der Waals surface area contributed by atoms with Gasteiger partial charge in [-0.15, -0.1) is 0 Å². The van der Waals surface area contributed by atoms with Crippen molar-refractivity contribution in [3.63, 3.8) is 0 Å². The number of alkyl carbamates (subject to hydrolysis) is 1. The maximum atomic E-state index is 14.1. The number of alkyl halides is 2. The lowest BCUT2D eigenvalue weighted by molar-refractivity contribution is -0.145. The Morgan fingerprint density at radius 2 is 1.62 bits per heavy atom. The molecule has 0 bridgehead atoms. The van der Waals surface area contributed by atoms with E-state index >= 15 is 0 Å². The van der Waals surface area contributed by atoms with Gasteiger partial charge in [0.15, 0.2) is 6.04 Å². The summed E-state index contributed by atoms with van der Waals surface area (Å²) in [6, 6.07) is 13.8. The van der Waals surface area contributed by atoms with E-state index in [2.05, 4.69) is 5.32 Å². The molecule has 2 aliphatic carbocycles. The monoisotopic (exact) mass is 474 g/mol. The Balaban J connectivity index is 1.32. The largest absolute Gasteiger partial charge is 0.480 e. The Kier molecular flexibility index (Phi) is 6.26. The molecule has 0 radical (unpaired) electrons. The van der Waals surface area contributed by atoms with Gasteiger partial charge in [-0.05, 0) is 29.2 Å². The van der Waals surface area contributed by atoms with Crippen molar-refractivity contribution in [2.45, 2.75) is 30.9 Å². The molecule has 4 rings (SSSR count). The number of aliphatic hydroxyl groups excluding tert-OH is 1. The number of carbonyl (C=O) groups is 3. The lowest BCUT2D eigenvalue weighted by atomic mass is 9.98. The average Bonchev–Trinajstić information content (AvgIpc) is 3.20. The van der Waals surface area contributed by atoms with Crippen LogP contribution in [-0.2, 0) is 14.3 Å². The van der Waals surface area contributed by atoms with Crippen molar-refractivity contribution in [3.8, 4) is 11.1 Å². The number of aliphatic hydroxyl groups is 1. The van der Waals surface area contributed by atoms with Crippen LogP contribution in [0.1, 0.15) is 24.0 Å². The van der Waals surface area contributed by atoms with E-state index in [-0.39, 0.29) is 12.5 Å². The van der Waals surface area contributed by atoms with Gasteiger partial charge < -0.3 is 25.6 Å². The first-order valence-electron chi connectivity index (χ1n) is 10.8. The molecule has 2 amide bonds. The minimum atomic E-state index is -3.41. The highest BCUT2D eigenvalue weighted by Gasteiger charge is 2.71. The highest BCUT2D eigenvalue weighted by molar-refractivity contribution is 5.88. The summed E-state index contributed by atoms with van der Waals surface area (Å²) in [7, 11) is 0.